The van der Waals surface area contributed by atoms with Crippen LogP contribution in [-0.2, 0) is 14.3 Å². The Kier molecular flexibility index (Phi) is 5.96. The first kappa shape index (κ1) is 17.8. The first-order valence-electron chi connectivity index (χ1n) is 7.08. The summed E-state index contributed by atoms with van der Waals surface area (Å²) < 4.78 is 30.9. The van der Waals surface area contributed by atoms with Gasteiger partial charge in [-0.25, -0.2) is 13.6 Å². The molecule has 0 atom stereocenters. The number of rotatable bonds is 5. The molecule has 0 bridgehead atoms. The Morgan fingerprint density at radius 3 is 2.52 bits per heavy atom. The number of esters is 1. The van der Waals surface area contributed by atoms with E-state index >= 15 is 0 Å². The van der Waals surface area contributed by atoms with Crippen LogP contribution in [0.25, 0.3) is 6.08 Å². The Balaban J connectivity index is 1.83. The third-order valence-electron chi connectivity index (χ3n) is 3.00. The zero-order chi connectivity index (χ0) is 18.2. The second-order valence-corrected chi connectivity index (χ2v) is 4.85. The average molecular weight is 342 g/mol. The number of halogens is 2. The molecule has 0 heterocycles. The molecule has 1 amide bonds. The Morgan fingerprint density at radius 2 is 1.88 bits per heavy atom. The van der Waals surface area contributed by atoms with Crippen LogP contribution in [0.15, 0.2) is 48.5 Å². The van der Waals surface area contributed by atoms with Crippen LogP contribution in [0.5, 0.6) is 0 Å². The van der Waals surface area contributed by atoms with Crippen LogP contribution in [0.2, 0.25) is 0 Å². The van der Waals surface area contributed by atoms with Gasteiger partial charge in [-0.1, -0.05) is 12.1 Å². The van der Waals surface area contributed by atoms with Crippen molar-refractivity contribution < 1.29 is 23.1 Å². The smallest absolute Gasteiger partial charge is 0.331 e. The number of carbonyl (C=O) groups is 2. The van der Waals surface area contributed by atoms with Crippen LogP contribution in [0, 0.1) is 23.0 Å². The second-order valence-electron chi connectivity index (χ2n) is 4.85. The molecule has 7 heteroatoms. The lowest BCUT2D eigenvalue weighted by molar-refractivity contribution is -0.142. The lowest BCUT2D eigenvalue weighted by Crippen LogP contribution is -2.20. The lowest BCUT2D eigenvalue weighted by Gasteiger charge is -2.06. The number of anilines is 1. The number of benzene rings is 2. The molecule has 0 aliphatic carbocycles. The molecule has 1 N–H and O–H groups in total. The zero-order valence-corrected chi connectivity index (χ0v) is 12.8. The second kappa shape index (κ2) is 8.36. The van der Waals surface area contributed by atoms with E-state index in [1.54, 1.807) is 24.3 Å². The Morgan fingerprint density at radius 1 is 1.16 bits per heavy atom. The van der Waals surface area contributed by atoms with E-state index in [1.165, 1.54) is 6.08 Å². The SMILES string of the molecule is N#Cc1ccc(/C=C/C(=O)OCC(=O)Nc2ccc(F)cc2F)cc1. The summed E-state index contributed by atoms with van der Waals surface area (Å²) in [4.78, 5) is 23.1. The monoisotopic (exact) mass is 342 g/mol. The van der Waals surface area contributed by atoms with Crippen molar-refractivity contribution in [2.75, 3.05) is 11.9 Å². The predicted octanol–water partition coefficient (Wildman–Crippen LogP) is 3.03. The molecule has 25 heavy (non-hydrogen) atoms. The fourth-order valence-corrected chi connectivity index (χ4v) is 1.79. The minimum Gasteiger partial charge on any atom is -0.452 e. The van der Waals surface area contributed by atoms with Crippen molar-refractivity contribution in [3.05, 3.63) is 71.3 Å². The standard InChI is InChI=1S/C18H12F2N2O3/c19-14-6-7-16(15(20)9-14)22-17(23)11-25-18(24)8-5-12-1-3-13(10-21)4-2-12/h1-9H,11H2,(H,22,23)/b8-5+. The van der Waals surface area contributed by atoms with Crippen LogP contribution in [-0.4, -0.2) is 18.5 Å². The summed E-state index contributed by atoms with van der Waals surface area (Å²) in [6.45, 7) is -0.618. The highest BCUT2D eigenvalue weighted by atomic mass is 19.1. The molecule has 0 spiro atoms. The molecule has 2 aromatic carbocycles. The Hall–Kier alpha value is -3.53. The highest BCUT2D eigenvalue weighted by Gasteiger charge is 2.09. The van der Waals surface area contributed by atoms with Crippen LogP contribution in [0.1, 0.15) is 11.1 Å². The van der Waals surface area contributed by atoms with E-state index in [-0.39, 0.29) is 5.69 Å². The third-order valence-corrected chi connectivity index (χ3v) is 3.00. The number of nitriles is 1. The molecule has 0 saturated heterocycles. The highest BCUT2D eigenvalue weighted by molar-refractivity contribution is 5.94. The topological polar surface area (TPSA) is 79.2 Å². The number of nitrogens with one attached hydrogen (secondary N) is 1. The summed E-state index contributed by atoms with van der Waals surface area (Å²) in [5, 5.41) is 10.8. The van der Waals surface area contributed by atoms with Crippen LogP contribution < -0.4 is 5.32 Å². The molecular weight excluding hydrogens is 330 g/mol. The molecule has 0 fully saturated rings. The summed E-state index contributed by atoms with van der Waals surface area (Å²) in [7, 11) is 0. The molecule has 0 saturated carbocycles. The van der Waals surface area contributed by atoms with E-state index in [9.17, 15) is 18.4 Å². The molecule has 2 aromatic rings. The quantitative estimate of drug-likeness (QED) is 0.669. The van der Waals surface area contributed by atoms with Crippen molar-refractivity contribution in [3.8, 4) is 6.07 Å². The van der Waals surface area contributed by atoms with Gasteiger partial charge in [0.15, 0.2) is 6.61 Å². The summed E-state index contributed by atoms with van der Waals surface area (Å²) >= 11 is 0. The van der Waals surface area contributed by atoms with E-state index in [0.29, 0.717) is 17.2 Å². The van der Waals surface area contributed by atoms with Gasteiger partial charge in [0.05, 0.1) is 17.3 Å². The Labute approximate surface area is 142 Å². The van der Waals surface area contributed by atoms with Crippen LogP contribution in [0.4, 0.5) is 14.5 Å². The van der Waals surface area contributed by atoms with Gasteiger partial charge < -0.3 is 10.1 Å². The number of hydrogen-bond donors (Lipinski definition) is 1. The maximum absolute atomic E-state index is 13.4. The van der Waals surface area contributed by atoms with E-state index in [4.69, 9.17) is 10.00 Å². The summed E-state index contributed by atoms with van der Waals surface area (Å²) in [6, 6.07) is 11.1. The fourth-order valence-electron chi connectivity index (χ4n) is 1.79. The summed E-state index contributed by atoms with van der Waals surface area (Å²) in [5.41, 5.74) is 0.953. The zero-order valence-electron chi connectivity index (χ0n) is 12.8. The average Bonchev–Trinajstić information content (AvgIpc) is 2.61. The number of carbonyl (C=O) groups excluding carboxylic acids is 2. The minimum atomic E-state index is -0.930. The van der Waals surface area contributed by atoms with Crippen molar-refractivity contribution in [1.82, 2.24) is 0 Å². The lowest BCUT2D eigenvalue weighted by atomic mass is 10.1. The van der Waals surface area contributed by atoms with Crippen molar-refractivity contribution in [2.24, 2.45) is 0 Å². The van der Waals surface area contributed by atoms with E-state index in [0.717, 1.165) is 18.2 Å². The maximum atomic E-state index is 13.4. The summed E-state index contributed by atoms with van der Waals surface area (Å²) in [6.07, 6.45) is 2.58. The van der Waals surface area contributed by atoms with Gasteiger partial charge in [0.2, 0.25) is 0 Å². The first-order chi connectivity index (χ1) is 12.0. The van der Waals surface area contributed by atoms with Gasteiger partial charge in [0.25, 0.3) is 5.91 Å². The number of amides is 1. The van der Waals surface area contributed by atoms with Crippen molar-refractivity contribution in [3.63, 3.8) is 0 Å². The van der Waals surface area contributed by atoms with Gasteiger partial charge in [0.1, 0.15) is 11.6 Å². The molecule has 0 radical (unpaired) electrons. The van der Waals surface area contributed by atoms with Gasteiger partial charge in [-0.3, -0.25) is 4.79 Å². The number of ether oxygens (including phenoxy) is 1. The van der Waals surface area contributed by atoms with Gasteiger partial charge in [-0.05, 0) is 35.9 Å². The third kappa shape index (κ3) is 5.55. The van der Waals surface area contributed by atoms with Crippen LogP contribution >= 0.6 is 0 Å². The van der Waals surface area contributed by atoms with Gasteiger partial charge in [-0.15, -0.1) is 0 Å². The molecule has 0 aromatic heterocycles. The molecule has 0 aliphatic rings. The predicted molar refractivity (Wildman–Crippen MR) is 86.1 cm³/mol. The van der Waals surface area contributed by atoms with Gasteiger partial charge in [-0.2, -0.15) is 5.26 Å². The fraction of sp³-hybridized carbons (Fsp3) is 0.0556. The molecule has 0 aliphatic heterocycles. The Bertz CT molecular complexity index is 856. The van der Waals surface area contributed by atoms with Crippen molar-refractivity contribution >= 4 is 23.6 Å². The van der Waals surface area contributed by atoms with Gasteiger partial charge in [0, 0.05) is 12.1 Å². The normalized spacial score (nSPS) is 10.3. The molecule has 2 rings (SSSR count). The summed E-state index contributed by atoms with van der Waals surface area (Å²) in [5.74, 6) is -3.22. The highest BCUT2D eigenvalue weighted by Crippen LogP contribution is 2.14. The van der Waals surface area contributed by atoms with Crippen molar-refractivity contribution in [2.45, 2.75) is 0 Å². The largest absolute Gasteiger partial charge is 0.452 e. The number of nitrogens with zero attached hydrogens (tertiary/aromatic N) is 1. The molecular formula is C18H12F2N2O3. The maximum Gasteiger partial charge on any atom is 0.331 e. The van der Waals surface area contributed by atoms with E-state index in [1.807, 2.05) is 6.07 Å². The molecule has 126 valence electrons. The minimum absolute atomic E-state index is 0.212. The number of hydrogen-bond acceptors (Lipinski definition) is 4. The molecule has 0 unspecified atom stereocenters. The van der Waals surface area contributed by atoms with E-state index in [2.05, 4.69) is 5.32 Å². The van der Waals surface area contributed by atoms with E-state index < -0.39 is 30.1 Å². The molecule has 5 nitrogen and oxygen atoms in total. The van der Waals surface area contributed by atoms with Gasteiger partial charge >= 0.3 is 5.97 Å². The van der Waals surface area contributed by atoms with Crippen LogP contribution in [0.3, 0.4) is 0 Å². The van der Waals surface area contributed by atoms with Crippen molar-refractivity contribution in [1.29, 1.82) is 5.26 Å². The first-order valence-corrected chi connectivity index (χ1v) is 7.08.